The molecule has 0 atom stereocenters. The summed E-state index contributed by atoms with van der Waals surface area (Å²) < 4.78 is 1.61. The summed E-state index contributed by atoms with van der Waals surface area (Å²) in [5.74, 6) is -0.971. The Morgan fingerprint density at radius 1 is 1.30 bits per heavy atom. The molecule has 0 unspecified atom stereocenters. The number of carboxylic acid groups (broad SMARTS) is 1. The van der Waals surface area contributed by atoms with Gasteiger partial charge in [0.05, 0.1) is 5.56 Å². The molecule has 1 N–H and O–H groups in total. The minimum Gasteiger partial charge on any atom is -0.478 e. The lowest BCUT2D eigenvalue weighted by Gasteiger charge is -2.10. The number of hydrogen-bond donors (Lipinski definition) is 1. The van der Waals surface area contributed by atoms with E-state index in [-0.39, 0.29) is 17.2 Å². The van der Waals surface area contributed by atoms with Gasteiger partial charge in [-0.05, 0) is 38.1 Å². The van der Waals surface area contributed by atoms with Crippen molar-refractivity contribution in [2.45, 2.75) is 29.8 Å². The molecule has 2 aromatic rings. The van der Waals surface area contributed by atoms with E-state index in [1.54, 1.807) is 29.1 Å². The van der Waals surface area contributed by atoms with Gasteiger partial charge in [0.2, 0.25) is 0 Å². The van der Waals surface area contributed by atoms with Crippen LogP contribution in [0.4, 0.5) is 0 Å². The van der Waals surface area contributed by atoms with E-state index in [2.05, 4.69) is 4.98 Å². The minimum absolute atomic E-state index is 0.0687. The van der Waals surface area contributed by atoms with Gasteiger partial charge in [-0.1, -0.05) is 11.8 Å². The van der Waals surface area contributed by atoms with Crippen LogP contribution in [0.25, 0.3) is 0 Å². The number of carbonyl (C=O) groups is 1. The van der Waals surface area contributed by atoms with E-state index in [9.17, 15) is 9.59 Å². The highest BCUT2D eigenvalue weighted by Gasteiger charge is 2.09. The maximum absolute atomic E-state index is 12.2. The highest BCUT2D eigenvalue weighted by molar-refractivity contribution is 7.99. The molecule has 0 spiro atoms. The molecule has 2 rings (SSSR count). The third-order valence-electron chi connectivity index (χ3n) is 2.71. The summed E-state index contributed by atoms with van der Waals surface area (Å²) >= 11 is 1.23. The van der Waals surface area contributed by atoms with Crippen LogP contribution >= 0.6 is 11.8 Å². The molecule has 5 nitrogen and oxygen atoms in total. The number of carboxylic acids is 1. The predicted octanol–water partition coefficient (Wildman–Crippen LogP) is 2.67. The highest BCUT2D eigenvalue weighted by Crippen LogP contribution is 2.23. The first-order valence-corrected chi connectivity index (χ1v) is 6.89. The zero-order chi connectivity index (χ0) is 14.7. The summed E-state index contributed by atoms with van der Waals surface area (Å²) in [6, 6.07) is 6.42. The Morgan fingerprint density at radius 2 is 1.95 bits per heavy atom. The first-order valence-electron chi connectivity index (χ1n) is 6.07. The summed E-state index contributed by atoms with van der Waals surface area (Å²) in [5, 5.41) is 9.21. The molecule has 0 aliphatic rings. The van der Waals surface area contributed by atoms with Crippen molar-refractivity contribution < 1.29 is 9.90 Å². The largest absolute Gasteiger partial charge is 0.478 e. The molecule has 0 amide bonds. The maximum Gasteiger partial charge on any atom is 0.335 e. The van der Waals surface area contributed by atoms with E-state index in [1.165, 1.54) is 23.9 Å². The van der Waals surface area contributed by atoms with Gasteiger partial charge in [-0.2, -0.15) is 0 Å². The SMILES string of the molecule is CC(C)n1ccnc(Sc2ccc(C(=O)O)cc2)c1=O. The van der Waals surface area contributed by atoms with Crippen LogP contribution in [0.15, 0.2) is 51.4 Å². The van der Waals surface area contributed by atoms with Crippen molar-refractivity contribution in [3.8, 4) is 0 Å². The van der Waals surface area contributed by atoms with Crippen LogP contribution in [0, 0.1) is 0 Å². The average molecular weight is 290 g/mol. The Kier molecular flexibility index (Phi) is 4.24. The molecule has 0 bridgehead atoms. The summed E-state index contributed by atoms with van der Waals surface area (Å²) in [7, 11) is 0. The smallest absolute Gasteiger partial charge is 0.335 e. The van der Waals surface area contributed by atoms with Gasteiger partial charge in [0, 0.05) is 23.3 Å². The standard InChI is InChI=1S/C14H14N2O3S/c1-9(2)16-8-7-15-12(13(16)17)20-11-5-3-10(4-6-11)14(18)19/h3-9H,1-2H3,(H,18,19). The Bertz CT molecular complexity index is 678. The monoisotopic (exact) mass is 290 g/mol. The Hall–Kier alpha value is -2.08. The lowest BCUT2D eigenvalue weighted by Crippen LogP contribution is -2.23. The molecule has 0 saturated heterocycles. The van der Waals surface area contributed by atoms with E-state index in [0.717, 1.165) is 4.90 Å². The van der Waals surface area contributed by atoms with Crippen molar-refractivity contribution in [2.24, 2.45) is 0 Å². The van der Waals surface area contributed by atoms with Crippen molar-refractivity contribution in [3.05, 3.63) is 52.6 Å². The van der Waals surface area contributed by atoms with Gasteiger partial charge in [-0.25, -0.2) is 9.78 Å². The zero-order valence-corrected chi connectivity index (χ0v) is 11.9. The fraction of sp³-hybridized carbons (Fsp3) is 0.214. The second-order valence-corrected chi connectivity index (χ2v) is 5.53. The molecule has 6 heteroatoms. The highest BCUT2D eigenvalue weighted by atomic mass is 32.2. The zero-order valence-electron chi connectivity index (χ0n) is 11.1. The molecule has 1 aromatic heterocycles. The van der Waals surface area contributed by atoms with E-state index >= 15 is 0 Å². The van der Waals surface area contributed by atoms with E-state index in [4.69, 9.17) is 5.11 Å². The van der Waals surface area contributed by atoms with Gasteiger partial charge in [-0.15, -0.1) is 0 Å². The van der Waals surface area contributed by atoms with Crippen LogP contribution < -0.4 is 5.56 Å². The van der Waals surface area contributed by atoms with Gasteiger partial charge in [0.25, 0.3) is 5.56 Å². The molecule has 104 valence electrons. The molecular formula is C14H14N2O3S. The van der Waals surface area contributed by atoms with Crippen molar-refractivity contribution in [1.29, 1.82) is 0 Å². The summed E-state index contributed by atoms with van der Waals surface area (Å²) in [4.78, 5) is 27.8. The van der Waals surface area contributed by atoms with Crippen molar-refractivity contribution >= 4 is 17.7 Å². The Morgan fingerprint density at radius 3 is 2.50 bits per heavy atom. The van der Waals surface area contributed by atoms with Crippen LogP contribution in [0.3, 0.4) is 0 Å². The van der Waals surface area contributed by atoms with Crippen LogP contribution in [-0.4, -0.2) is 20.6 Å². The number of hydrogen-bond acceptors (Lipinski definition) is 4. The third kappa shape index (κ3) is 3.08. The van der Waals surface area contributed by atoms with Crippen molar-refractivity contribution in [1.82, 2.24) is 9.55 Å². The second-order valence-electron chi connectivity index (χ2n) is 4.47. The second kappa shape index (κ2) is 5.92. The van der Waals surface area contributed by atoms with E-state index in [1.807, 2.05) is 13.8 Å². The summed E-state index contributed by atoms with van der Waals surface area (Å²) in [6.45, 7) is 3.86. The summed E-state index contributed by atoms with van der Waals surface area (Å²) in [5.41, 5.74) is 0.0739. The lowest BCUT2D eigenvalue weighted by atomic mass is 10.2. The topological polar surface area (TPSA) is 72.2 Å². The first kappa shape index (κ1) is 14.3. The van der Waals surface area contributed by atoms with Crippen molar-refractivity contribution in [3.63, 3.8) is 0 Å². The number of aromatic carboxylic acids is 1. The van der Waals surface area contributed by atoms with E-state index < -0.39 is 5.97 Å². The Balaban J connectivity index is 2.28. The van der Waals surface area contributed by atoms with Crippen LogP contribution in [-0.2, 0) is 0 Å². The fourth-order valence-electron chi connectivity index (χ4n) is 1.66. The Labute approximate surface area is 120 Å². The summed E-state index contributed by atoms with van der Waals surface area (Å²) in [6.07, 6.45) is 3.25. The quantitative estimate of drug-likeness (QED) is 0.937. The fourth-order valence-corrected chi connectivity index (χ4v) is 2.46. The van der Waals surface area contributed by atoms with Crippen molar-refractivity contribution in [2.75, 3.05) is 0 Å². The molecular weight excluding hydrogens is 276 g/mol. The molecule has 0 aliphatic carbocycles. The molecule has 0 aliphatic heterocycles. The number of rotatable bonds is 4. The van der Waals surface area contributed by atoms with Crippen LogP contribution in [0.2, 0.25) is 0 Å². The van der Waals surface area contributed by atoms with Gasteiger partial charge < -0.3 is 9.67 Å². The van der Waals surface area contributed by atoms with Crippen LogP contribution in [0.1, 0.15) is 30.2 Å². The van der Waals surface area contributed by atoms with Gasteiger partial charge in [0.15, 0.2) is 5.03 Å². The first-order chi connectivity index (χ1) is 9.49. The number of nitrogens with zero attached hydrogens (tertiary/aromatic N) is 2. The van der Waals surface area contributed by atoms with E-state index in [0.29, 0.717) is 5.03 Å². The predicted molar refractivity (Wildman–Crippen MR) is 76.4 cm³/mol. The molecule has 0 radical (unpaired) electrons. The molecule has 0 saturated carbocycles. The third-order valence-corrected chi connectivity index (χ3v) is 3.69. The normalized spacial score (nSPS) is 10.8. The minimum atomic E-state index is -0.971. The molecule has 20 heavy (non-hydrogen) atoms. The molecule has 1 heterocycles. The van der Waals surface area contributed by atoms with Gasteiger partial charge in [0.1, 0.15) is 0 Å². The van der Waals surface area contributed by atoms with Gasteiger partial charge in [-0.3, -0.25) is 4.79 Å². The number of benzene rings is 1. The average Bonchev–Trinajstić information content (AvgIpc) is 2.41. The van der Waals surface area contributed by atoms with Gasteiger partial charge >= 0.3 is 5.97 Å². The molecule has 1 aromatic carbocycles. The number of aromatic nitrogens is 2. The molecule has 0 fully saturated rings. The maximum atomic E-state index is 12.2. The lowest BCUT2D eigenvalue weighted by molar-refractivity contribution is 0.0697. The van der Waals surface area contributed by atoms with Crippen LogP contribution in [0.5, 0.6) is 0 Å².